The highest BCUT2D eigenvalue weighted by Gasteiger charge is 2.30. The number of anilines is 1. The van der Waals surface area contributed by atoms with E-state index in [0.29, 0.717) is 23.7 Å². The molecule has 2 amide bonds. The first kappa shape index (κ1) is 14.1. The molecule has 1 saturated heterocycles. The maximum Gasteiger partial charge on any atom is 0.253 e. The molecular weight excluding hydrogens is 266 g/mol. The van der Waals surface area contributed by atoms with Crippen molar-refractivity contribution in [1.82, 2.24) is 4.90 Å². The summed E-state index contributed by atoms with van der Waals surface area (Å²) in [6, 6.07) is 7.19. The lowest BCUT2D eigenvalue weighted by molar-refractivity contribution is -0.117. The number of rotatable bonds is 4. The van der Waals surface area contributed by atoms with E-state index in [-0.39, 0.29) is 17.7 Å². The third-order valence-corrected chi connectivity index (χ3v) is 4.23. The SMILES string of the molecule is NCC1CCN(C(=O)c2cccc(NC(=O)C3CC3)c2)C1. The first-order chi connectivity index (χ1) is 10.2. The smallest absolute Gasteiger partial charge is 0.253 e. The van der Waals surface area contributed by atoms with Gasteiger partial charge in [-0.05, 0) is 49.9 Å². The van der Waals surface area contributed by atoms with Crippen molar-refractivity contribution in [3.63, 3.8) is 0 Å². The number of benzene rings is 1. The predicted molar refractivity (Wildman–Crippen MR) is 80.9 cm³/mol. The van der Waals surface area contributed by atoms with Crippen molar-refractivity contribution in [2.75, 3.05) is 25.0 Å². The second-order valence-corrected chi connectivity index (χ2v) is 5.99. The van der Waals surface area contributed by atoms with E-state index in [4.69, 9.17) is 5.73 Å². The number of nitrogens with one attached hydrogen (secondary N) is 1. The predicted octanol–water partition coefficient (Wildman–Crippen LogP) is 1.46. The average molecular weight is 287 g/mol. The third kappa shape index (κ3) is 3.24. The Morgan fingerprint density at radius 3 is 2.76 bits per heavy atom. The van der Waals surface area contributed by atoms with E-state index >= 15 is 0 Å². The van der Waals surface area contributed by atoms with Gasteiger partial charge in [0.15, 0.2) is 0 Å². The fraction of sp³-hybridized carbons (Fsp3) is 0.500. The highest BCUT2D eigenvalue weighted by atomic mass is 16.2. The van der Waals surface area contributed by atoms with Crippen molar-refractivity contribution in [3.05, 3.63) is 29.8 Å². The molecule has 3 rings (SSSR count). The Morgan fingerprint density at radius 1 is 1.29 bits per heavy atom. The number of hydrogen-bond donors (Lipinski definition) is 2. The molecule has 1 heterocycles. The normalized spacial score (nSPS) is 21.4. The second-order valence-electron chi connectivity index (χ2n) is 5.99. The van der Waals surface area contributed by atoms with Gasteiger partial charge in [0.2, 0.25) is 5.91 Å². The van der Waals surface area contributed by atoms with Gasteiger partial charge in [-0.15, -0.1) is 0 Å². The Labute approximate surface area is 124 Å². The highest BCUT2D eigenvalue weighted by molar-refractivity contribution is 5.98. The molecule has 0 aromatic heterocycles. The van der Waals surface area contributed by atoms with Crippen molar-refractivity contribution in [2.45, 2.75) is 19.3 Å². The van der Waals surface area contributed by atoms with Crippen LogP contribution in [0.4, 0.5) is 5.69 Å². The summed E-state index contributed by atoms with van der Waals surface area (Å²) in [6.07, 6.45) is 2.91. The summed E-state index contributed by atoms with van der Waals surface area (Å²) in [5, 5.41) is 2.88. The van der Waals surface area contributed by atoms with Gasteiger partial charge in [-0.2, -0.15) is 0 Å². The summed E-state index contributed by atoms with van der Waals surface area (Å²) in [4.78, 5) is 26.1. The van der Waals surface area contributed by atoms with E-state index in [2.05, 4.69) is 5.32 Å². The quantitative estimate of drug-likeness (QED) is 0.880. The van der Waals surface area contributed by atoms with Gasteiger partial charge in [-0.25, -0.2) is 0 Å². The number of amides is 2. The molecule has 1 saturated carbocycles. The van der Waals surface area contributed by atoms with Gasteiger partial charge in [-0.1, -0.05) is 6.07 Å². The van der Waals surface area contributed by atoms with E-state index in [0.717, 1.165) is 32.4 Å². The number of carbonyl (C=O) groups excluding carboxylic acids is 2. The van der Waals surface area contributed by atoms with Crippen molar-refractivity contribution >= 4 is 17.5 Å². The number of nitrogens with two attached hydrogens (primary N) is 1. The van der Waals surface area contributed by atoms with Crippen LogP contribution >= 0.6 is 0 Å². The molecule has 21 heavy (non-hydrogen) atoms. The molecule has 1 aliphatic carbocycles. The lowest BCUT2D eigenvalue weighted by Gasteiger charge is -2.17. The summed E-state index contributed by atoms with van der Waals surface area (Å²) >= 11 is 0. The van der Waals surface area contributed by atoms with Crippen molar-refractivity contribution in [1.29, 1.82) is 0 Å². The zero-order valence-corrected chi connectivity index (χ0v) is 12.0. The van der Waals surface area contributed by atoms with Crippen LogP contribution in [0.3, 0.4) is 0 Å². The summed E-state index contributed by atoms with van der Waals surface area (Å²) in [5.41, 5.74) is 6.99. The maximum absolute atomic E-state index is 12.5. The third-order valence-electron chi connectivity index (χ3n) is 4.23. The summed E-state index contributed by atoms with van der Waals surface area (Å²) in [6.45, 7) is 2.12. The molecule has 5 heteroatoms. The summed E-state index contributed by atoms with van der Waals surface area (Å²) in [5.74, 6) is 0.650. The molecule has 1 aromatic rings. The molecule has 0 bridgehead atoms. The number of nitrogens with zero attached hydrogens (tertiary/aromatic N) is 1. The van der Waals surface area contributed by atoms with Crippen LogP contribution in [0.2, 0.25) is 0 Å². The van der Waals surface area contributed by atoms with E-state index in [1.54, 1.807) is 12.1 Å². The van der Waals surface area contributed by atoms with Crippen LogP contribution < -0.4 is 11.1 Å². The fourth-order valence-electron chi connectivity index (χ4n) is 2.71. The van der Waals surface area contributed by atoms with E-state index in [1.165, 1.54) is 0 Å². The van der Waals surface area contributed by atoms with Crippen molar-refractivity contribution in [2.24, 2.45) is 17.6 Å². The minimum Gasteiger partial charge on any atom is -0.338 e. The van der Waals surface area contributed by atoms with Gasteiger partial charge in [-0.3, -0.25) is 9.59 Å². The fourth-order valence-corrected chi connectivity index (χ4v) is 2.71. The van der Waals surface area contributed by atoms with Gasteiger partial charge in [0, 0.05) is 30.3 Å². The Balaban J connectivity index is 1.67. The van der Waals surface area contributed by atoms with Gasteiger partial charge in [0.1, 0.15) is 0 Å². The maximum atomic E-state index is 12.5. The molecule has 1 aliphatic heterocycles. The molecule has 5 nitrogen and oxygen atoms in total. The molecule has 3 N–H and O–H groups in total. The highest BCUT2D eigenvalue weighted by Crippen LogP contribution is 2.30. The van der Waals surface area contributed by atoms with Crippen molar-refractivity contribution < 1.29 is 9.59 Å². The monoisotopic (exact) mass is 287 g/mol. The molecule has 2 fully saturated rings. The lowest BCUT2D eigenvalue weighted by Crippen LogP contribution is -2.29. The van der Waals surface area contributed by atoms with Gasteiger partial charge >= 0.3 is 0 Å². The van der Waals surface area contributed by atoms with Crippen LogP contribution in [-0.4, -0.2) is 36.3 Å². The molecule has 0 radical (unpaired) electrons. The van der Waals surface area contributed by atoms with E-state index < -0.39 is 0 Å². The largest absolute Gasteiger partial charge is 0.338 e. The molecule has 2 aliphatic rings. The van der Waals surface area contributed by atoms with Crippen LogP contribution in [0.25, 0.3) is 0 Å². The zero-order chi connectivity index (χ0) is 14.8. The van der Waals surface area contributed by atoms with Crippen LogP contribution in [0.15, 0.2) is 24.3 Å². The first-order valence-electron chi connectivity index (χ1n) is 7.57. The van der Waals surface area contributed by atoms with Gasteiger partial charge in [0.25, 0.3) is 5.91 Å². The van der Waals surface area contributed by atoms with E-state index in [1.807, 2.05) is 17.0 Å². The van der Waals surface area contributed by atoms with Gasteiger partial charge < -0.3 is 16.0 Å². The lowest BCUT2D eigenvalue weighted by atomic mass is 10.1. The zero-order valence-electron chi connectivity index (χ0n) is 12.0. The molecule has 1 atom stereocenters. The Hall–Kier alpha value is -1.88. The molecule has 0 spiro atoms. The van der Waals surface area contributed by atoms with Crippen LogP contribution in [0, 0.1) is 11.8 Å². The van der Waals surface area contributed by atoms with Gasteiger partial charge in [0.05, 0.1) is 0 Å². The summed E-state index contributed by atoms with van der Waals surface area (Å²) < 4.78 is 0. The second kappa shape index (κ2) is 5.85. The molecule has 112 valence electrons. The topological polar surface area (TPSA) is 75.4 Å². The Morgan fingerprint density at radius 2 is 2.10 bits per heavy atom. The van der Waals surface area contributed by atoms with Crippen LogP contribution in [0.5, 0.6) is 0 Å². The minimum absolute atomic E-state index is 0.0217. The van der Waals surface area contributed by atoms with Crippen LogP contribution in [-0.2, 0) is 4.79 Å². The van der Waals surface area contributed by atoms with Crippen LogP contribution in [0.1, 0.15) is 29.6 Å². The Kier molecular flexibility index (Phi) is 3.92. The molecule has 1 unspecified atom stereocenters. The minimum atomic E-state index is 0.0217. The summed E-state index contributed by atoms with van der Waals surface area (Å²) in [7, 11) is 0. The standard InChI is InChI=1S/C16H21N3O2/c17-9-11-6-7-19(10-11)16(21)13-2-1-3-14(8-13)18-15(20)12-4-5-12/h1-3,8,11-12H,4-7,9-10,17H2,(H,18,20). The van der Waals surface area contributed by atoms with Crippen molar-refractivity contribution in [3.8, 4) is 0 Å². The first-order valence-corrected chi connectivity index (χ1v) is 7.57. The number of carbonyl (C=O) groups is 2. The average Bonchev–Trinajstić information content (AvgIpc) is 3.25. The number of hydrogen-bond acceptors (Lipinski definition) is 3. The molecule has 1 aromatic carbocycles. The number of likely N-dealkylation sites (tertiary alicyclic amines) is 1. The van der Waals surface area contributed by atoms with E-state index in [9.17, 15) is 9.59 Å². The Bertz CT molecular complexity index is 554. The molecular formula is C16H21N3O2.